The Morgan fingerprint density at radius 3 is 1.36 bits per heavy atom. The topological polar surface area (TPSA) is 75.0 Å². The van der Waals surface area contributed by atoms with E-state index in [2.05, 4.69) is 100 Å². The predicted molar refractivity (Wildman–Crippen MR) is 213 cm³/mol. The summed E-state index contributed by atoms with van der Waals surface area (Å²) in [6.07, 6.45) is 7.33. The van der Waals surface area contributed by atoms with Gasteiger partial charge in [0.1, 0.15) is 0 Å². The molecule has 0 amide bonds. The fourth-order valence-corrected chi connectivity index (χ4v) is 6.50. The van der Waals surface area contributed by atoms with Gasteiger partial charge in [-0.3, -0.25) is 0 Å². The zero-order valence-electron chi connectivity index (χ0n) is 31.8. The molecule has 0 saturated carbocycles. The third-order valence-electron chi connectivity index (χ3n) is 9.49. The summed E-state index contributed by atoms with van der Waals surface area (Å²) in [7, 11) is 0. The molecule has 284 valence electrons. The number of hydrogen-bond acceptors (Lipinski definition) is 6. The summed E-state index contributed by atoms with van der Waals surface area (Å²) in [5.74, 6) is 3.57. The third kappa shape index (κ3) is 8.26. The first-order valence-corrected chi connectivity index (χ1v) is 18.3. The second-order valence-corrected chi connectivity index (χ2v) is 14.2. The van der Waals surface area contributed by atoms with Gasteiger partial charge in [0.05, 0.1) is 0 Å². The maximum Gasteiger partial charge on any atom is 2.00 e. The monoisotopic (exact) mass is 1100 g/mol. The molecule has 0 radical (unpaired) electrons. The first-order valence-electron chi connectivity index (χ1n) is 18.3. The van der Waals surface area contributed by atoms with Crippen LogP contribution < -0.4 is 9.47 Å². The number of fused-ring (bicyclic) bond motifs is 3. The van der Waals surface area contributed by atoms with Gasteiger partial charge in [-0.1, -0.05) is 112 Å². The van der Waals surface area contributed by atoms with Crippen molar-refractivity contribution in [1.82, 2.24) is 24.5 Å². The molecule has 4 aromatic carbocycles. The van der Waals surface area contributed by atoms with E-state index in [1.54, 1.807) is 12.4 Å². The van der Waals surface area contributed by atoms with Gasteiger partial charge in [0.2, 0.25) is 5.95 Å². The van der Waals surface area contributed by atoms with Crippen LogP contribution in [0.2, 0.25) is 0 Å². The van der Waals surface area contributed by atoms with Gasteiger partial charge in [-0.15, -0.1) is 59.7 Å². The third-order valence-corrected chi connectivity index (χ3v) is 9.49. The number of hydrogen-bond donors (Lipinski definition) is 0. The molecule has 8 rings (SSSR count). The van der Waals surface area contributed by atoms with Crippen molar-refractivity contribution in [3.8, 4) is 51.5 Å². The van der Waals surface area contributed by atoms with Crippen molar-refractivity contribution in [2.45, 2.75) is 59.3 Å². The molecule has 0 unspecified atom stereocenters. The van der Waals surface area contributed by atoms with Gasteiger partial charge >= 0.3 is 42.1 Å². The average molecular weight is 1100 g/mol. The van der Waals surface area contributed by atoms with E-state index in [1.807, 2.05) is 77.6 Å². The Labute approximate surface area is 357 Å². The van der Waals surface area contributed by atoms with Crippen LogP contribution in [0.5, 0.6) is 23.0 Å². The largest absolute Gasteiger partial charge is 2.00 e. The van der Waals surface area contributed by atoms with Crippen molar-refractivity contribution in [3.05, 3.63) is 151 Å². The molecule has 0 atom stereocenters. The summed E-state index contributed by atoms with van der Waals surface area (Å²) in [5.41, 5.74) is 8.01. The first kappa shape index (κ1) is 40.7. The molecule has 4 heterocycles. The van der Waals surface area contributed by atoms with Gasteiger partial charge in [-0.2, -0.15) is 22.9 Å². The Bertz CT molecular complexity index is 2440. The van der Waals surface area contributed by atoms with Crippen molar-refractivity contribution in [2.75, 3.05) is 0 Å². The minimum atomic E-state index is 0. The van der Waals surface area contributed by atoms with Crippen LogP contribution >= 0.6 is 0 Å². The molecule has 0 aliphatic heterocycles. The molecule has 0 spiro atoms. The maximum atomic E-state index is 6.63. The van der Waals surface area contributed by atoms with Crippen molar-refractivity contribution in [2.24, 2.45) is 0 Å². The molecule has 4 aromatic heterocycles. The molecule has 0 fully saturated rings. The van der Waals surface area contributed by atoms with E-state index in [1.165, 1.54) is 0 Å². The first-order chi connectivity index (χ1) is 26.2. The fourth-order valence-electron chi connectivity index (χ4n) is 6.50. The Morgan fingerprint density at radius 1 is 0.500 bits per heavy atom. The molecule has 9 heteroatoms. The molecule has 56 heavy (non-hydrogen) atoms. The van der Waals surface area contributed by atoms with Crippen LogP contribution in [0.4, 0.5) is 0 Å². The number of pyridine rings is 2. The van der Waals surface area contributed by atoms with Crippen LogP contribution in [-0.4, -0.2) is 24.5 Å². The van der Waals surface area contributed by atoms with Gasteiger partial charge in [-0.05, 0) is 35.0 Å². The van der Waals surface area contributed by atoms with Crippen LogP contribution in [0.25, 0.3) is 50.3 Å². The number of ether oxygens (including phenoxy) is 2. The van der Waals surface area contributed by atoms with Gasteiger partial charge in [0.15, 0.2) is 0 Å². The Hall–Kier alpha value is -4.96. The summed E-state index contributed by atoms with van der Waals surface area (Å²) in [6, 6.07) is 42.0. The molecular formula is C47H39N5O2Pt2. The zero-order valence-corrected chi connectivity index (χ0v) is 36.4. The number of aromatic nitrogens is 5. The van der Waals surface area contributed by atoms with E-state index in [-0.39, 0.29) is 59.9 Å². The smallest absolute Gasteiger partial charge is 0.503 e. The Morgan fingerprint density at radius 2 is 0.964 bits per heavy atom. The molecule has 0 saturated heterocycles. The van der Waals surface area contributed by atoms with E-state index in [4.69, 9.17) is 19.4 Å². The molecule has 8 aromatic rings. The molecule has 0 aliphatic carbocycles. The van der Waals surface area contributed by atoms with E-state index in [0.717, 1.165) is 61.0 Å². The SMILES string of the molecule is CC(C)c1cnc(-n2c3[c-]c(Oc4[c-]c(-c5ccccn5)ccc4C(C)C)ccc3c3ccc(Oc4[c-]c(-c5ccccn5)ccc4C(C)C)[c-]c32)nc1.[Pt+2].[Pt+2]. The van der Waals surface area contributed by atoms with Crippen LogP contribution in [0.3, 0.4) is 0 Å². The molecule has 0 N–H and O–H groups in total. The van der Waals surface area contributed by atoms with Crippen LogP contribution in [0, 0.1) is 24.3 Å². The van der Waals surface area contributed by atoms with Crippen LogP contribution in [0.1, 0.15) is 76.0 Å². The second-order valence-electron chi connectivity index (χ2n) is 14.2. The zero-order chi connectivity index (χ0) is 37.3. The molecule has 0 bridgehead atoms. The standard InChI is InChI=1S/C47H39N5O2.2Pt/c1-29(2)34-27-50-47(51-28-34)52-43-25-35(53-45-23-32(13-17-37(45)30(3)4)41-11-7-9-21-48-41)15-19-39(43)40-20-16-36(26-44(40)52)54-46-24-33(14-18-38(46)31(5)6)42-12-8-10-22-49-42;;/h7-22,27-31H,1-6H3;;/q-4;2*+2. The number of benzene rings is 4. The van der Waals surface area contributed by atoms with E-state index in [0.29, 0.717) is 28.9 Å². The summed E-state index contributed by atoms with van der Waals surface area (Å²) >= 11 is 0. The van der Waals surface area contributed by atoms with Crippen LogP contribution in [0.15, 0.2) is 110 Å². The maximum absolute atomic E-state index is 6.63. The number of nitrogens with zero attached hydrogens (tertiary/aromatic N) is 5. The van der Waals surface area contributed by atoms with Crippen molar-refractivity contribution in [1.29, 1.82) is 0 Å². The van der Waals surface area contributed by atoms with Gasteiger partial charge in [0.25, 0.3) is 0 Å². The Balaban J connectivity index is 0.00000266. The second kappa shape index (κ2) is 17.4. The molecular weight excluding hydrogens is 1060 g/mol. The van der Waals surface area contributed by atoms with Gasteiger partial charge < -0.3 is 24.0 Å². The van der Waals surface area contributed by atoms with Crippen molar-refractivity contribution in [3.63, 3.8) is 0 Å². The summed E-state index contributed by atoms with van der Waals surface area (Å²) in [6.45, 7) is 12.8. The van der Waals surface area contributed by atoms with Crippen molar-refractivity contribution < 1.29 is 51.6 Å². The minimum Gasteiger partial charge on any atom is -0.503 e. The van der Waals surface area contributed by atoms with Gasteiger partial charge in [0, 0.05) is 47.8 Å². The Kier molecular flexibility index (Phi) is 12.7. The van der Waals surface area contributed by atoms with Crippen LogP contribution in [-0.2, 0) is 42.1 Å². The molecule has 0 aliphatic rings. The average Bonchev–Trinajstić information content (AvgIpc) is 3.51. The normalized spacial score (nSPS) is 11.2. The van der Waals surface area contributed by atoms with E-state index >= 15 is 0 Å². The summed E-state index contributed by atoms with van der Waals surface area (Å²) in [5, 5.41) is 1.91. The minimum absolute atomic E-state index is 0. The van der Waals surface area contributed by atoms with Gasteiger partial charge in [-0.25, -0.2) is 9.97 Å². The fraction of sp³-hybridized carbons (Fsp3) is 0.191. The van der Waals surface area contributed by atoms with Crippen molar-refractivity contribution >= 4 is 21.8 Å². The predicted octanol–water partition coefficient (Wildman–Crippen LogP) is 11.8. The molecule has 7 nitrogen and oxygen atoms in total. The number of rotatable bonds is 10. The summed E-state index contributed by atoms with van der Waals surface area (Å²) < 4.78 is 15.2. The van der Waals surface area contributed by atoms with E-state index in [9.17, 15) is 0 Å². The quantitative estimate of drug-likeness (QED) is 0.127. The summed E-state index contributed by atoms with van der Waals surface area (Å²) in [4.78, 5) is 18.7. The van der Waals surface area contributed by atoms with E-state index < -0.39 is 0 Å².